The molecule has 2 N–H and O–H groups in total. The van der Waals surface area contributed by atoms with Crippen molar-refractivity contribution in [2.24, 2.45) is 0 Å². The zero-order chi connectivity index (χ0) is 17.1. The molecule has 6 nitrogen and oxygen atoms in total. The van der Waals surface area contributed by atoms with Gasteiger partial charge in [-0.1, -0.05) is 36.4 Å². The maximum Gasteiger partial charge on any atom is 0.255 e. The highest BCUT2D eigenvalue weighted by molar-refractivity contribution is 5.97. The molecular formula is C19H17N3O3. The summed E-state index contributed by atoms with van der Waals surface area (Å²) in [7, 11) is 0. The zero-order valence-corrected chi connectivity index (χ0v) is 13.5. The molecular weight excluding hydrogens is 318 g/mol. The van der Waals surface area contributed by atoms with Crippen molar-refractivity contribution >= 4 is 5.91 Å². The van der Waals surface area contributed by atoms with E-state index in [-0.39, 0.29) is 5.91 Å². The number of benzene rings is 2. The molecule has 0 spiro atoms. The van der Waals surface area contributed by atoms with Gasteiger partial charge in [0.05, 0.1) is 17.5 Å². The third kappa shape index (κ3) is 3.06. The molecule has 0 bridgehead atoms. The van der Waals surface area contributed by atoms with Gasteiger partial charge in [0, 0.05) is 12.1 Å². The summed E-state index contributed by atoms with van der Waals surface area (Å²) >= 11 is 0. The van der Waals surface area contributed by atoms with E-state index in [9.17, 15) is 4.79 Å². The van der Waals surface area contributed by atoms with Crippen LogP contribution < -0.4 is 14.8 Å². The number of aromatic amines is 1. The van der Waals surface area contributed by atoms with Gasteiger partial charge in [0.1, 0.15) is 13.2 Å². The third-order valence-electron chi connectivity index (χ3n) is 4.03. The van der Waals surface area contributed by atoms with Gasteiger partial charge < -0.3 is 14.8 Å². The number of H-pyrrole nitrogens is 1. The highest BCUT2D eigenvalue weighted by Gasteiger charge is 2.20. The van der Waals surface area contributed by atoms with Crippen molar-refractivity contribution in [2.45, 2.75) is 6.54 Å². The molecule has 2 heterocycles. The van der Waals surface area contributed by atoms with Crippen LogP contribution in [0.5, 0.6) is 11.5 Å². The van der Waals surface area contributed by atoms with Crippen molar-refractivity contribution in [2.75, 3.05) is 13.2 Å². The Bertz CT molecular complexity index is 890. The molecule has 6 heteroatoms. The van der Waals surface area contributed by atoms with E-state index in [2.05, 4.69) is 15.5 Å². The Morgan fingerprint density at radius 2 is 1.92 bits per heavy atom. The van der Waals surface area contributed by atoms with Gasteiger partial charge in [-0.2, -0.15) is 5.10 Å². The Balaban J connectivity index is 1.52. The first-order valence-electron chi connectivity index (χ1n) is 8.07. The topological polar surface area (TPSA) is 76.2 Å². The molecule has 0 saturated heterocycles. The first-order chi connectivity index (χ1) is 12.3. The van der Waals surface area contributed by atoms with E-state index in [1.807, 2.05) is 30.3 Å². The van der Waals surface area contributed by atoms with Crippen LogP contribution in [0.2, 0.25) is 0 Å². The van der Waals surface area contributed by atoms with Gasteiger partial charge in [-0.05, 0) is 17.7 Å². The van der Waals surface area contributed by atoms with E-state index in [0.717, 1.165) is 16.8 Å². The van der Waals surface area contributed by atoms with Gasteiger partial charge in [-0.15, -0.1) is 0 Å². The molecule has 0 saturated carbocycles. The molecule has 1 aliphatic rings. The fraction of sp³-hybridized carbons (Fsp3) is 0.158. The molecule has 0 atom stereocenters. The number of hydrogen-bond donors (Lipinski definition) is 2. The van der Waals surface area contributed by atoms with Crippen LogP contribution in [0.15, 0.2) is 54.7 Å². The average molecular weight is 335 g/mol. The molecule has 4 rings (SSSR count). The summed E-state index contributed by atoms with van der Waals surface area (Å²) in [5, 5.41) is 10.0. The van der Waals surface area contributed by atoms with Crippen molar-refractivity contribution in [1.29, 1.82) is 0 Å². The Hall–Kier alpha value is -3.28. The second-order valence-electron chi connectivity index (χ2n) is 5.65. The first-order valence-corrected chi connectivity index (χ1v) is 8.07. The first kappa shape index (κ1) is 15.3. The van der Waals surface area contributed by atoms with Crippen LogP contribution in [-0.2, 0) is 6.54 Å². The average Bonchev–Trinajstić information content (AvgIpc) is 3.15. The summed E-state index contributed by atoms with van der Waals surface area (Å²) in [6.07, 6.45) is 1.72. The van der Waals surface area contributed by atoms with Crippen LogP contribution in [0, 0.1) is 0 Å². The van der Waals surface area contributed by atoms with E-state index < -0.39 is 0 Å². The Morgan fingerprint density at radius 3 is 2.80 bits per heavy atom. The van der Waals surface area contributed by atoms with Gasteiger partial charge in [0.2, 0.25) is 0 Å². The number of carbonyl (C=O) groups is 1. The Morgan fingerprint density at radius 1 is 1.08 bits per heavy atom. The van der Waals surface area contributed by atoms with Crippen LogP contribution >= 0.6 is 0 Å². The van der Waals surface area contributed by atoms with Crippen LogP contribution in [-0.4, -0.2) is 29.3 Å². The van der Waals surface area contributed by atoms with Gasteiger partial charge in [-0.25, -0.2) is 0 Å². The summed E-state index contributed by atoms with van der Waals surface area (Å²) in [5.74, 6) is 0.900. The van der Waals surface area contributed by atoms with Gasteiger partial charge in [0.25, 0.3) is 5.91 Å². The standard InChI is InChI=1S/C19H17N3O3/c23-19(15-7-4-8-16-18(15)25-10-9-24-16)20-11-14-12-21-22-17(14)13-5-2-1-3-6-13/h1-8,12H,9-11H2,(H,20,23)(H,21,22). The fourth-order valence-corrected chi connectivity index (χ4v) is 2.82. The third-order valence-corrected chi connectivity index (χ3v) is 4.03. The number of aromatic nitrogens is 2. The number of para-hydroxylation sites is 1. The number of rotatable bonds is 4. The fourth-order valence-electron chi connectivity index (χ4n) is 2.82. The maximum atomic E-state index is 12.6. The summed E-state index contributed by atoms with van der Waals surface area (Å²) in [6.45, 7) is 1.30. The van der Waals surface area contributed by atoms with E-state index >= 15 is 0 Å². The zero-order valence-electron chi connectivity index (χ0n) is 13.5. The van der Waals surface area contributed by atoms with Gasteiger partial charge >= 0.3 is 0 Å². The number of carbonyl (C=O) groups excluding carboxylic acids is 1. The molecule has 0 radical (unpaired) electrons. The highest BCUT2D eigenvalue weighted by atomic mass is 16.6. The summed E-state index contributed by atoms with van der Waals surface area (Å²) in [5.41, 5.74) is 3.32. The van der Waals surface area contributed by atoms with Crippen molar-refractivity contribution < 1.29 is 14.3 Å². The normalized spacial score (nSPS) is 12.6. The second-order valence-corrected chi connectivity index (χ2v) is 5.65. The molecule has 25 heavy (non-hydrogen) atoms. The number of nitrogens with zero attached hydrogens (tertiary/aromatic N) is 1. The van der Waals surface area contributed by atoms with Crippen molar-refractivity contribution in [1.82, 2.24) is 15.5 Å². The number of fused-ring (bicyclic) bond motifs is 1. The summed E-state index contributed by atoms with van der Waals surface area (Å²) in [6, 6.07) is 15.2. The molecule has 0 aliphatic carbocycles. The smallest absolute Gasteiger partial charge is 0.255 e. The van der Waals surface area contributed by atoms with E-state index in [1.54, 1.807) is 24.4 Å². The van der Waals surface area contributed by atoms with E-state index in [1.165, 1.54) is 0 Å². The highest BCUT2D eigenvalue weighted by Crippen LogP contribution is 2.33. The second kappa shape index (κ2) is 6.68. The van der Waals surface area contributed by atoms with Crippen molar-refractivity contribution in [3.63, 3.8) is 0 Å². The van der Waals surface area contributed by atoms with Crippen LogP contribution in [0.4, 0.5) is 0 Å². The lowest BCUT2D eigenvalue weighted by Crippen LogP contribution is -2.25. The number of nitrogens with one attached hydrogen (secondary N) is 2. The van der Waals surface area contributed by atoms with E-state index in [0.29, 0.717) is 36.8 Å². The molecule has 0 fully saturated rings. The predicted molar refractivity (Wildman–Crippen MR) is 92.6 cm³/mol. The van der Waals surface area contributed by atoms with Crippen molar-refractivity contribution in [3.8, 4) is 22.8 Å². The molecule has 126 valence electrons. The van der Waals surface area contributed by atoms with Crippen LogP contribution in [0.25, 0.3) is 11.3 Å². The van der Waals surface area contributed by atoms with Gasteiger partial charge in [-0.3, -0.25) is 9.89 Å². The van der Waals surface area contributed by atoms with Crippen LogP contribution in [0.1, 0.15) is 15.9 Å². The summed E-state index contributed by atoms with van der Waals surface area (Å²) < 4.78 is 11.1. The lowest BCUT2D eigenvalue weighted by atomic mass is 10.1. The minimum absolute atomic E-state index is 0.206. The number of amides is 1. The summed E-state index contributed by atoms with van der Waals surface area (Å²) in [4.78, 5) is 12.6. The number of hydrogen-bond acceptors (Lipinski definition) is 4. The van der Waals surface area contributed by atoms with Crippen LogP contribution in [0.3, 0.4) is 0 Å². The van der Waals surface area contributed by atoms with Crippen molar-refractivity contribution in [3.05, 3.63) is 65.9 Å². The minimum atomic E-state index is -0.206. The maximum absolute atomic E-state index is 12.6. The molecule has 2 aromatic carbocycles. The SMILES string of the molecule is O=C(NCc1cn[nH]c1-c1ccccc1)c1cccc2c1OCCO2. The minimum Gasteiger partial charge on any atom is -0.486 e. The Labute approximate surface area is 144 Å². The Kier molecular flexibility index (Phi) is 4.08. The molecule has 0 unspecified atom stereocenters. The quantitative estimate of drug-likeness (QED) is 0.769. The van der Waals surface area contributed by atoms with E-state index in [4.69, 9.17) is 9.47 Å². The molecule has 1 aromatic heterocycles. The monoisotopic (exact) mass is 335 g/mol. The molecule has 3 aromatic rings. The number of ether oxygens (including phenoxy) is 2. The lowest BCUT2D eigenvalue weighted by Gasteiger charge is -2.20. The predicted octanol–water partition coefficient (Wildman–Crippen LogP) is 2.78. The largest absolute Gasteiger partial charge is 0.486 e. The molecule has 1 amide bonds. The van der Waals surface area contributed by atoms with Gasteiger partial charge in [0.15, 0.2) is 11.5 Å². The molecule has 1 aliphatic heterocycles. The lowest BCUT2D eigenvalue weighted by molar-refractivity contribution is 0.0940.